The first-order valence-corrected chi connectivity index (χ1v) is 12.0. The Morgan fingerprint density at radius 2 is 1.88 bits per heavy atom. The van der Waals surface area contributed by atoms with Crippen LogP contribution in [0.1, 0.15) is 62.8 Å². The predicted octanol–water partition coefficient (Wildman–Crippen LogP) is 3.56. The van der Waals surface area contributed by atoms with Crippen molar-refractivity contribution in [3.05, 3.63) is 30.0 Å². The number of unbranched alkanes of at least 4 members (excludes halogenated alkanes) is 4. The van der Waals surface area contributed by atoms with E-state index < -0.39 is 5.92 Å². The molecule has 1 atom stereocenters. The molecule has 0 spiro atoms. The van der Waals surface area contributed by atoms with Crippen molar-refractivity contribution in [3.63, 3.8) is 0 Å². The fraction of sp³-hybridized carbons (Fsp3) is 0.560. The molecule has 2 N–H and O–H groups in total. The van der Waals surface area contributed by atoms with Crippen molar-refractivity contribution in [2.24, 2.45) is 0 Å². The Balaban J connectivity index is 1.20. The summed E-state index contributed by atoms with van der Waals surface area (Å²) in [5.74, 6) is -0.964. The van der Waals surface area contributed by atoms with Gasteiger partial charge in [0.15, 0.2) is 0 Å². The van der Waals surface area contributed by atoms with Crippen molar-refractivity contribution in [1.82, 2.24) is 10.2 Å². The smallest absolute Gasteiger partial charge is 0.234 e. The molecule has 2 aromatic rings. The molecule has 178 valence electrons. The first-order chi connectivity index (χ1) is 16.1. The number of carbonyl (C=O) groups is 3. The van der Waals surface area contributed by atoms with Crippen molar-refractivity contribution in [2.75, 3.05) is 38.2 Å². The van der Waals surface area contributed by atoms with E-state index in [1.807, 2.05) is 12.1 Å². The van der Waals surface area contributed by atoms with Crippen LogP contribution in [0.4, 0.5) is 5.69 Å². The minimum atomic E-state index is -0.418. The van der Waals surface area contributed by atoms with Gasteiger partial charge in [0.2, 0.25) is 17.7 Å². The van der Waals surface area contributed by atoms with E-state index >= 15 is 0 Å². The van der Waals surface area contributed by atoms with Crippen LogP contribution in [0.5, 0.6) is 0 Å². The van der Waals surface area contributed by atoms with E-state index in [9.17, 15) is 14.4 Å². The van der Waals surface area contributed by atoms with Crippen LogP contribution < -0.4 is 10.6 Å². The number of hydrogen-bond acceptors (Lipinski definition) is 6. The largest absolute Gasteiger partial charge is 0.464 e. The fourth-order valence-corrected chi connectivity index (χ4v) is 4.59. The lowest BCUT2D eigenvalue weighted by Gasteiger charge is -2.26. The third-order valence-electron chi connectivity index (χ3n) is 6.48. The zero-order valence-corrected chi connectivity index (χ0v) is 19.1. The number of rotatable bonds is 10. The highest BCUT2D eigenvalue weighted by Gasteiger charge is 2.30. The van der Waals surface area contributed by atoms with Crippen LogP contribution in [0.2, 0.25) is 0 Å². The van der Waals surface area contributed by atoms with Crippen LogP contribution >= 0.6 is 0 Å². The van der Waals surface area contributed by atoms with E-state index in [1.165, 1.54) is 12.8 Å². The molecule has 4 rings (SSSR count). The molecule has 0 bridgehead atoms. The molecule has 2 aliphatic heterocycles. The second kappa shape index (κ2) is 11.4. The summed E-state index contributed by atoms with van der Waals surface area (Å²) in [6.45, 7) is 4.92. The Morgan fingerprint density at radius 1 is 1.09 bits per heavy atom. The molecule has 3 amide bonds. The van der Waals surface area contributed by atoms with Gasteiger partial charge in [-0.25, -0.2) is 0 Å². The molecule has 8 heteroatoms. The number of carbonyl (C=O) groups excluding carboxylic acids is 3. The number of hydrogen-bond donors (Lipinski definition) is 2. The summed E-state index contributed by atoms with van der Waals surface area (Å²) in [5.41, 5.74) is 2.10. The van der Waals surface area contributed by atoms with Crippen molar-refractivity contribution >= 4 is 34.4 Å². The van der Waals surface area contributed by atoms with Gasteiger partial charge < -0.3 is 14.5 Å². The lowest BCUT2D eigenvalue weighted by atomic mass is 9.90. The molecule has 2 saturated heterocycles. The van der Waals surface area contributed by atoms with Crippen LogP contribution in [-0.4, -0.2) is 55.5 Å². The average molecular weight is 456 g/mol. The molecule has 33 heavy (non-hydrogen) atoms. The second-order valence-corrected chi connectivity index (χ2v) is 8.93. The van der Waals surface area contributed by atoms with Gasteiger partial charge in [-0.05, 0) is 44.0 Å². The van der Waals surface area contributed by atoms with E-state index in [-0.39, 0.29) is 17.7 Å². The van der Waals surface area contributed by atoms with Gasteiger partial charge in [-0.2, -0.15) is 0 Å². The maximum Gasteiger partial charge on any atom is 0.234 e. The van der Waals surface area contributed by atoms with Crippen molar-refractivity contribution in [1.29, 1.82) is 0 Å². The van der Waals surface area contributed by atoms with Crippen LogP contribution in [-0.2, 0) is 19.1 Å². The molecular formula is C25H33N3O5. The number of nitrogens with one attached hydrogen (secondary N) is 2. The second-order valence-electron chi connectivity index (χ2n) is 8.93. The Morgan fingerprint density at radius 3 is 2.70 bits per heavy atom. The third-order valence-corrected chi connectivity index (χ3v) is 6.48. The minimum Gasteiger partial charge on any atom is -0.464 e. The molecule has 8 nitrogen and oxygen atoms in total. The number of imide groups is 1. The van der Waals surface area contributed by atoms with Gasteiger partial charge in [-0.15, -0.1) is 0 Å². The van der Waals surface area contributed by atoms with Gasteiger partial charge in [0, 0.05) is 42.6 Å². The summed E-state index contributed by atoms with van der Waals surface area (Å²) in [4.78, 5) is 38.6. The highest BCUT2D eigenvalue weighted by molar-refractivity contribution is 6.03. The van der Waals surface area contributed by atoms with Gasteiger partial charge in [0.1, 0.15) is 5.58 Å². The Hall–Kier alpha value is -2.71. The van der Waals surface area contributed by atoms with E-state index in [0.29, 0.717) is 30.5 Å². The van der Waals surface area contributed by atoms with Crippen molar-refractivity contribution < 1.29 is 23.5 Å². The summed E-state index contributed by atoms with van der Waals surface area (Å²) < 4.78 is 11.0. The molecule has 0 saturated carbocycles. The number of nitrogens with zero attached hydrogens (tertiary/aromatic N) is 1. The summed E-state index contributed by atoms with van der Waals surface area (Å²) >= 11 is 0. The molecule has 2 fully saturated rings. The molecule has 1 aromatic carbocycles. The molecule has 0 aliphatic carbocycles. The van der Waals surface area contributed by atoms with Gasteiger partial charge >= 0.3 is 0 Å². The van der Waals surface area contributed by atoms with Crippen LogP contribution in [0.15, 0.2) is 28.9 Å². The monoisotopic (exact) mass is 455 g/mol. The van der Waals surface area contributed by atoms with Crippen molar-refractivity contribution in [3.8, 4) is 0 Å². The van der Waals surface area contributed by atoms with Crippen molar-refractivity contribution in [2.45, 2.75) is 57.3 Å². The topological polar surface area (TPSA) is 101 Å². The zero-order chi connectivity index (χ0) is 23.0. The first kappa shape index (κ1) is 23.4. The molecule has 2 aliphatic rings. The molecule has 0 radical (unpaired) electrons. The number of fused-ring (bicyclic) bond motifs is 1. The zero-order valence-electron chi connectivity index (χ0n) is 19.1. The maximum atomic E-state index is 12.4. The summed E-state index contributed by atoms with van der Waals surface area (Å²) in [7, 11) is 0. The Bertz CT molecular complexity index is 980. The highest BCUT2D eigenvalue weighted by Crippen LogP contribution is 2.34. The first-order valence-electron chi connectivity index (χ1n) is 12.0. The van der Waals surface area contributed by atoms with Gasteiger partial charge in [-0.1, -0.05) is 19.3 Å². The number of piperidine rings is 1. The molecular weight excluding hydrogens is 422 g/mol. The minimum absolute atomic E-state index is 0.00582. The molecule has 1 unspecified atom stereocenters. The average Bonchev–Trinajstić information content (AvgIpc) is 3.22. The number of ether oxygens (including phenoxy) is 1. The quantitative estimate of drug-likeness (QED) is 0.420. The number of amides is 3. The lowest BCUT2D eigenvalue weighted by Crippen LogP contribution is -2.39. The fourth-order valence-electron chi connectivity index (χ4n) is 4.59. The standard InChI is InChI=1S/C25H33N3O5/c29-23(6-4-2-1-3-5-11-28-12-14-32-15-13-28)26-18-7-9-22-20(16-18)21(17-33-22)19-8-10-24(30)27-25(19)31/h7,9,16-17,19H,1-6,8,10-15H2,(H,26,29)(H,27,30,31). The Labute approximate surface area is 194 Å². The highest BCUT2D eigenvalue weighted by atomic mass is 16.5. The van der Waals surface area contributed by atoms with E-state index in [4.69, 9.17) is 9.15 Å². The normalized spacial score (nSPS) is 19.6. The number of morpholine rings is 1. The SMILES string of the molecule is O=C1CCC(c2coc3ccc(NC(=O)CCCCCCCN4CCOCC4)cc23)C(=O)N1. The van der Waals surface area contributed by atoms with E-state index in [2.05, 4.69) is 15.5 Å². The summed E-state index contributed by atoms with van der Waals surface area (Å²) in [5, 5.41) is 6.15. The summed E-state index contributed by atoms with van der Waals surface area (Å²) in [6, 6.07) is 5.46. The van der Waals surface area contributed by atoms with E-state index in [1.54, 1.807) is 12.3 Å². The van der Waals surface area contributed by atoms with Crippen LogP contribution in [0.3, 0.4) is 0 Å². The van der Waals surface area contributed by atoms with Gasteiger partial charge in [0.05, 0.1) is 25.4 Å². The maximum absolute atomic E-state index is 12.4. The Kier molecular flexibility index (Phi) is 8.12. The summed E-state index contributed by atoms with van der Waals surface area (Å²) in [6.07, 6.45) is 8.31. The molecule has 3 heterocycles. The number of benzene rings is 1. The van der Waals surface area contributed by atoms with E-state index in [0.717, 1.165) is 63.1 Å². The number of furan rings is 1. The molecule has 1 aromatic heterocycles. The van der Waals surface area contributed by atoms with Gasteiger partial charge in [0.25, 0.3) is 0 Å². The van der Waals surface area contributed by atoms with Gasteiger partial charge in [-0.3, -0.25) is 24.6 Å². The number of anilines is 1. The predicted molar refractivity (Wildman–Crippen MR) is 125 cm³/mol. The lowest BCUT2D eigenvalue weighted by molar-refractivity contribution is -0.134. The van der Waals surface area contributed by atoms with Crippen LogP contribution in [0, 0.1) is 0 Å². The van der Waals surface area contributed by atoms with Crippen LogP contribution in [0.25, 0.3) is 11.0 Å². The third kappa shape index (κ3) is 6.42.